The molecule has 1 unspecified atom stereocenters. The molecule has 0 aromatic heterocycles. The van der Waals surface area contributed by atoms with Gasteiger partial charge >= 0.3 is 12.1 Å². The molecule has 3 rings (SSSR count). The Morgan fingerprint density at radius 2 is 1.44 bits per heavy atom. The Labute approximate surface area is 185 Å². The van der Waals surface area contributed by atoms with E-state index in [4.69, 9.17) is 14.3 Å². The molecule has 0 radical (unpaired) electrons. The first-order chi connectivity index (χ1) is 15.1. The van der Waals surface area contributed by atoms with E-state index in [1.807, 2.05) is 0 Å². The van der Waals surface area contributed by atoms with Gasteiger partial charge in [0.15, 0.2) is 5.54 Å². The third-order valence-electron chi connectivity index (χ3n) is 4.62. The van der Waals surface area contributed by atoms with Gasteiger partial charge in [-0.2, -0.15) is 0 Å². The number of methoxy groups -OCH3 is 1. The van der Waals surface area contributed by atoms with Gasteiger partial charge in [-0.05, 0) is 38.5 Å². The van der Waals surface area contributed by atoms with Gasteiger partial charge in [-0.3, -0.25) is 14.9 Å². The van der Waals surface area contributed by atoms with Gasteiger partial charge in [-0.15, -0.1) is 0 Å². The monoisotopic (exact) mass is 440 g/mol. The van der Waals surface area contributed by atoms with Gasteiger partial charge in [-0.1, -0.05) is 47.5 Å². The smallest absolute Gasteiger partial charge is 0.408 e. The lowest BCUT2D eigenvalue weighted by Crippen LogP contribution is -2.58. The van der Waals surface area contributed by atoms with E-state index in [1.54, 1.807) is 63.2 Å². The van der Waals surface area contributed by atoms with Crippen molar-refractivity contribution in [3.63, 3.8) is 0 Å². The van der Waals surface area contributed by atoms with Gasteiger partial charge in [0, 0.05) is 7.11 Å². The second-order valence-corrected chi connectivity index (χ2v) is 8.16. The maximum Gasteiger partial charge on any atom is 0.408 e. The third kappa shape index (κ3) is 4.47. The van der Waals surface area contributed by atoms with Gasteiger partial charge in [0.25, 0.3) is 11.8 Å². The van der Waals surface area contributed by atoms with Crippen LogP contribution in [-0.2, 0) is 24.6 Å². The van der Waals surface area contributed by atoms with Crippen molar-refractivity contribution in [3.8, 4) is 0 Å². The van der Waals surface area contributed by atoms with E-state index < -0.39 is 35.0 Å². The standard InChI is InChI=1S/C23H24N2O7/c1-22(2,3)31-21(29)24-23(14-30-4,15-10-6-5-7-11-15)20(28)32-25-18(26)16-12-8-9-13-17(16)19(25)27/h5-13H,14H2,1-4H3,(H,24,29). The Bertz CT molecular complexity index is 1010. The quantitative estimate of drug-likeness (QED) is 0.688. The van der Waals surface area contributed by atoms with Crippen LogP contribution in [0.5, 0.6) is 0 Å². The van der Waals surface area contributed by atoms with Crippen LogP contribution in [0.2, 0.25) is 0 Å². The maximum atomic E-state index is 13.4. The van der Waals surface area contributed by atoms with Crippen LogP contribution in [0.15, 0.2) is 54.6 Å². The van der Waals surface area contributed by atoms with Crippen LogP contribution in [0.3, 0.4) is 0 Å². The molecular formula is C23H24N2O7. The molecule has 0 saturated heterocycles. The number of amides is 3. The molecule has 9 heteroatoms. The number of alkyl carbamates (subject to hydrolysis) is 1. The lowest BCUT2D eigenvalue weighted by Gasteiger charge is -2.33. The molecule has 2 aromatic carbocycles. The molecule has 0 aliphatic carbocycles. The topological polar surface area (TPSA) is 111 Å². The summed E-state index contributed by atoms with van der Waals surface area (Å²) in [7, 11) is 1.34. The Morgan fingerprint density at radius 3 is 1.94 bits per heavy atom. The average molecular weight is 440 g/mol. The number of imide groups is 1. The van der Waals surface area contributed by atoms with Crippen molar-refractivity contribution in [1.82, 2.24) is 10.4 Å². The number of carbonyl (C=O) groups excluding carboxylic acids is 4. The molecule has 1 N–H and O–H groups in total. The largest absolute Gasteiger partial charge is 0.444 e. The Morgan fingerprint density at radius 1 is 0.906 bits per heavy atom. The summed E-state index contributed by atoms with van der Waals surface area (Å²) in [5.41, 5.74) is -2.20. The summed E-state index contributed by atoms with van der Waals surface area (Å²) in [4.78, 5) is 56.6. The molecule has 1 heterocycles. The van der Waals surface area contributed by atoms with Crippen molar-refractivity contribution in [2.45, 2.75) is 31.9 Å². The van der Waals surface area contributed by atoms with Crippen LogP contribution < -0.4 is 5.32 Å². The minimum absolute atomic E-state index is 0.113. The van der Waals surface area contributed by atoms with Crippen molar-refractivity contribution < 1.29 is 33.5 Å². The Balaban J connectivity index is 1.97. The zero-order valence-corrected chi connectivity index (χ0v) is 18.2. The summed E-state index contributed by atoms with van der Waals surface area (Å²) in [6, 6.07) is 14.3. The molecule has 0 fully saturated rings. The Hall–Kier alpha value is -3.72. The number of hydrogen-bond donors (Lipinski definition) is 1. The highest BCUT2D eigenvalue weighted by Crippen LogP contribution is 2.28. The summed E-state index contributed by atoms with van der Waals surface area (Å²) in [6.07, 6.45) is -0.905. The minimum Gasteiger partial charge on any atom is -0.444 e. The molecule has 0 saturated carbocycles. The van der Waals surface area contributed by atoms with E-state index in [9.17, 15) is 19.2 Å². The SMILES string of the molecule is COCC(NC(=O)OC(C)(C)C)(C(=O)ON1C(=O)c2ccccc2C1=O)c1ccccc1. The Kier molecular flexibility index (Phi) is 6.31. The first-order valence-electron chi connectivity index (χ1n) is 9.85. The van der Waals surface area contributed by atoms with Crippen molar-refractivity contribution in [2.75, 3.05) is 13.7 Å². The summed E-state index contributed by atoms with van der Waals surface area (Å²) < 4.78 is 10.5. The van der Waals surface area contributed by atoms with Crippen LogP contribution in [-0.4, -0.2) is 48.3 Å². The van der Waals surface area contributed by atoms with E-state index >= 15 is 0 Å². The van der Waals surface area contributed by atoms with Crippen LogP contribution >= 0.6 is 0 Å². The minimum atomic E-state index is -1.90. The molecule has 168 valence electrons. The molecule has 32 heavy (non-hydrogen) atoms. The normalized spacial score (nSPS) is 15.1. The zero-order chi connectivity index (χ0) is 23.5. The zero-order valence-electron chi connectivity index (χ0n) is 18.2. The number of rotatable bonds is 6. The summed E-state index contributed by atoms with van der Waals surface area (Å²) in [6.45, 7) is 4.66. The van der Waals surface area contributed by atoms with E-state index in [-0.39, 0.29) is 17.7 Å². The number of nitrogens with one attached hydrogen (secondary N) is 1. The molecule has 1 aliphatic rings. The predicted octanol–water partition coefficient (Wildman–Crippen LogP) is 2.81. The first kappa shape index (κ1) is 23.0. The highest BCUT2D eigenvalue weighted by molar-refractivity contribution is 6.21. The van der Waals surface area contributed by atoms with Gasteiger partial charge in [0.2, 0.25) is 0 Å². The van der Waals surface area contributed by atoms with E-state index in [0.717, 1.165) is 0 Å². The van der Waals surface area contributed by atoms with Crippen LogP contribution in [0.25, 0.3) is 0 Å². The highest BCUT2D eigenvalue weighted by Gasteiger charge is 2.49. The number of hydrogen-bond acceptors (Lipinski definition) is 7. The van der Waals surface area contributed by atoms with Crippen molar-refractivity contribution in [2.24, 2.45) is 0 Å². The number of nitrogens with zero attached hydrogens (tertiary/aromatic N) is 1. The van der Waals surface area contributed by atoms with Crippen molar-refractivity contribution in [1.29, 1.82) is 0 Å². The summed E-state index contributed by atoms with van der Waals surface area (Å²) >= 11 is 0. The van der Waals surface area contributed by atoms with Gasteiger partial charge in [-0.25, -0.2) is 9.59 Å². The van der Waals surface area contributed by atoms with Gasteiger partial charge in [0.1, 0.15) is 5.60 Å². The molecule has 1 atom stereocenters. The molecular weight excluding hydrogens is 416 g/mol. The first-order valence-corrected chi connectivity index (χ1v) is 9.85. The molecule has 2 aromatic rings. The van der Waals surface area contributed by atoms with Crippen molar-refractivity contribution in [3.05, 3.63) is 71.3 Å². The van der Waals surface area contributed by atoms with E-state index in [1.165, 1.54) is 19.2 Å². The second-order valence-electron chi connectivity index (χ2n) is 8.16. The summed E-state index contributed by atoms with van der Waals surface area (Å²) in [5, 5.41) is 2.90. The second kappa shape index (κ2) is 8.80. The predicted molar refractivity (Wildman–Crippen MR) is 112 cm³/mol. The molecule has 0 spiro atoms. The molecule has 9 nitrogen and oxygen atoms in total. The van der Waals surface area contributed by atoms with Gasteiger partial charge < -0.3 is 14.3 Å². The van der Waals surface area contributed by atoms with E-state index in [2.05, 4.69) is 5.32 Å². The van der Waals surface area contributed by atoms with Gasteiger partial charge in [0.05, 0.1) is 17.7 Å². The number of carbonyl (C=O) groups is 4. The maximum absolute atomic E-state index is 13.4. The average Bonchev–Trinajstić information content (AvgIpc) is 2.97. The van der Waals surface area contributed by atoms with Crippen LogP contribution in [0.4, 0.5) is 4.79 Å². The van der Waals surface area contributed by atoms with Crippen LogP contribution in [0.1, 0.15) is 47.1 Å². The molecule has 1 aliphatic heterocycles. The summed E-state index contributed by atoms with van der Waals surface area (Å²) in [5.74, 6) is -2.66. The fourth-order valence-corrected chi connectivity index (χ4v) is 3.25. The lowest BCUT2D eigenvalue weighted by atomic mass is 9.90. The highest BCUT2D eigenvalue weighted by atomic mass is 16.7. The fraction of sp³-hybridized carbons (Fsp3) is 0.304. The number of benzene rings is 2. The number of ether oxygens (including phenoxy) is 2. The third-order valence-corrected chi connectivity index (χ3v) is 4.62. The fourth-order valence-electron chi connectivity index (χ4n) is 3.25. The van der Waals surface area contributed by atoms with Crippen LogP contribution in [0, 0.1) is 0 Å². The number of fused-ring (bicyclic) bond motifs is 1. The number of hydroxylamine groups is 2. The van der Waals surface area contributed by atoms with Crippen molar-refractivity contribution >= 4 is 23.9 Å². The molecule has 0 bridgehead atoms. The molecule has 3 amide bonds. The van der Waals surface area contributed by atoms with E-state index in [0.29, 0.717) is 10.6 Å². The lowest BCUT2D eigenvalue weighted by molar-refractivity contribution is -0.180.